The topological polar surface area (TPSA) is 61.8 Å². The summed E-state index contributed by atoms with van der Waals surface area (Å²) in [6.07, 6.45) is -0.618. The molecule has 1 aliphatic rings. The van der Waals surface area contributed by atoms with Gasteiger partial charge < -0.3 is 14.2 Å². The maximum atomic E-state index is 12.4. The lowest BCUT2D eigenvalue weighted by atomic mass is 9.97. The summed E-state index contributed by atoms with van der Waals surface area (Å²) in [4.78, 5) is 24.6. The van der Waals surface area contributed by atoms with Crippen LogP contribution in [0.2, 0.25) is 5.02 Å². The Labute approximate surface area is 144 Å². The van der Waals surface area contributed by atoms with Crippen molar-refractivity contribution in [1.29, 1.82) is 0 Å². The van der Waals surface area contributed by atoms with Crippen molar-refractivity contribution in [3.05, 3.63) is 58.1 Å². The SMILES string of the molecule is COc1ccc2c(c1OC)C(=O)OC2CC(=O)c1cccc(Cl)c1. The smallest absolute Gasteiger partial charge is 0.343 e. The van der Waals surface area contributed by atoms with E-state index in [9.17, 15) is 9.59 Å². The van der Waals surface area contributed by atoms with Gasteiger partial charge in [-0.1, -0.05) is 29.8 Å². The number of Topliss-reactive ketones (excluding diaryl/α,β-unsaturated/α-hetero) is 1. The molecule has 0 amide bonds. The van der Waals surface area contributed by atoms with E-state index < -0.39 is 12.1 Å². The summed E-state index contributed by atoms with van der Waals surface area (Å²) < 4.78 is 15.8. The average Bonchev–Trinajstić information content (AvgIpc) is 2.90. The molecular formula is C18H15ClO5. The second kappa shape index (κ2) is 6.53. The van der Waals surface area contributed by atoms with Gasteiger partial charge in [-0.3, -0.25) is 4.79 Å². The predicted molar refractivity (Wildman–Crippen MR) is 88.1 cm³/mol. The molecule has 1 heterocycles. The molecular weight excluding hydrogens is 332 g/mol. The Balaban J connectivity index is 1.91. The van der Waals surface area contributed by atoms with Crippen LogP contribution in [0.1, 0.15) is 38.8 Å². The number of carbonyl (C=O) groups is 2. The molecule has 1 aliphatic heterocycles. The van der Waals surface area contributed by atoms with Crippen molar-refractivity contribution in [1.82, 2.24) is 0 Å². The molecule has 2 aromatic rings. The van der Waals surface area contributed by atoms with Gasteiger partial charge in [0.1, 0.15) is 11.7 Å². The predicted octanol–water partition coefficient (Wildman–Crippen LogP) is 3.84. The van der Waals surface area contributed by atoms with Crippen molar-refractivity contribution >= 4 is 23.4 Å². The number of cyclic esters (lactones) is 1. The minimum Gasteiger partial charge on any atom is -0.493 e. The van der Waals surface area contributed by atoms with Gasteiger partial charge >= 0.3 is 5.97 Å². The molecule has 1 atom stereocenters. The van der Waals surface area contributed by atoms with E-state index in [2.05, 4.69) is 0 Å². The van der Waals surface area contributed by atoms with Crippen molar-refractivity contribution in [3.63, 3.8) is 0 Å². The van der Waals surface area contributed by atoms with Gasteiger partial charge in [-0.2, -0.15) is 0 Å². The van der Waals surface area contributed by atoms with Crippen molar-refractivity contribution < 1.29 is 23.8 Å². The molecule has 2 aromatic carbocycles. The molecule has 0 aliphatic carbocycles. The number of hydrogen-bond donors (Lipinski definition) is 0. The van der Waals surface area contributed by atoms with Gasteiger partial charge in [0.25, 0.3) is 0 Å². The summed E-state index contributed by atoms with van der Waals surface area (Å²) in [5.74, 6) is 0.0790. The monoisotopic (exact) mass is 346 g/mol. The number of methoxy groups -OCH3 is 2. The first kappa shape index (κ1) is 16.3. The lowest BCUT2D eigenvalue weighted by Crippen LogP contribution is -2.07. The van der Waals surface area contributed by atoms with Gasteiger partial charge in [0.2, 0.25) is 0 Å². The van der Waals surface area contributed by atoms with Crippen LogP contribution >= 0.6 is 11.6 Å². The molecule has 24 heavy (non-hydrogen) atoms. The van der Waals surface area contributed by atoms with Crippen LogP contribution in [0.4, 0.5) is 0 Å². The summed E-state index contributed by atoms with van der Waals surface area (Å²) in [7, 11) is 2.94. The Morgan fingerprint density at radius 3 is 2.67 bits per heavy atom. The van der Waals surface area contributed by atoms with Gasteiger partial charge in [0, 0.05) is 16.1 Å². The molecule has 3 rings (SSSR count). The van der Waals surface area contributed by atoms with Crippen molar-refractivity contribution in [3.8, 4) is 11.5 Å². The van der Waals surface area contributed by atoms with E-state index in [1.54, 1.807) is 36.4 Å². The normalized spacial score (nSPS) is 15.6. The Hall–Kier alpha value is -2.53. The molecule has 0 radical (unpaired) electrons. The van der Waals surface area contributed by atoms with Crippen LogP contribution in [0, 0.1) is 0 Å². The number of rotatable bonds is 5. The third kappa shape index (κ3) is 2.83. The Morgan fingerprint density at radius 2 is 2.00 bits per heavy atom. The first-order valence-electron chi connectivity index (χ1n) is 7.29. The molecule has 0 fully saturated rings. The third-order valence-electron chi connectivity index (χ3n) is 3.90. The highest BCUT2D eigenvalue weighted by atomic mass is 35.5. The summed E-state index contributed by atoms with van der Waals surface area (Å²) in [5, 5.41) is 0.482. The Bertz CT molecular complexity index is 815. The molecule has 1 unspecified atom stereocenters. The van der Waals surface area contributed by atoms with Crippen LogP contribution in [0.15, 0.2) is 36.4 Å². The quantitative estimate of drug-likeness (QED) is 0.608. The van der Waals surface area contributed by atoms with E-state index in [1.165, 1.54) is 14.2 Å². The maximum absolute atomic E-state index is 12.4. The second-order valence-corrected chi connectivity index (χ2v) is 5.73. The minimum absolute atomic E-state index is 0.0363. The number of hydrogen-bond acceptors (Lipinski definition) is 5. The van der Waals surface area contributed by atoms with Crippen molar-refractivity contribution in [2.45, 2.75) is 12.5 Å². The van der Waals surface area contributed by atoms with Crippen LogP contribution in [0.3, 0.4) is 0 Å². The standard InChI is InChI=1S/C18H15ClO5/c1-22-14-7-6-12-15(24-18(21)16(12)17(14)23-2)9-13(20)10-4-3-5-11(19)8-10/h3-8,15H,9H2,1-2H3. The first-order valence-corrected chi connectivity index (χ1v) is 7.67. The zero-order valence-electron chi connectivity index (χ0n) is 13.2. The van der Waals surface area contributed by atoms with Crippen LogP contribution in [-0.2, 0) is 4.74 Å². The number of halogens is 1. The van der Waals surface area contributed by atoms with Gasteiger partial charge in [0.15, 0.2) is 17.3 Å². The summed E-state index contributed by atoms with van der Waals surface area (Å²) >= 11 is 5.91. The highest BCUT2D eigenvalue weighted by Crippen LogP contribution is 2.43. The van der Waals surface area contributed by atoms with Gasteiger partial charge in [0.05, 0.1) is 20.6 Å². The number of esters is 1. The molecule has 0 N–H and O–H groups in total. The van der Waals surface area contributed by atoms with E-state index in [0.29, 0.717) is 33.2 Å². The fourth-order valence-electron chi connectivity index (χ4n) is 2.77. The van der Waals surface area contributed by atoms with E-state index in [1.807, 2.05) is 0 Å². The fraction of sp³-hybridized carbons (Fsp3) is 0.222. The van der Waals surface area contributed by atoms with Crippen LogP contribution in [0.25, 0.3) is 0 Å². The lowest BCUT2D eigenvalue weighted by Gasteiger charge is -2.12. The fourth-order valence-corrected chi connectivity index (χ4v) is 2.96. The zero-order chi connectivity index (χ0) is 17.3. The number of fused-ring (bicyclic) bond motifs is 1. The highest BCUT2D eigenvalue weighted by molar-refractivity contribution is 6.31. The van der Waals surface area contributed by atoms with Crippen molar-refractivity contribution in [2.75, 3.05) is 14.2 Å². The molecule has 5 nitrogen and oxygen atoms in total. The van der Waals surface area contributed by atoms with Gasteiger partial charge in [-0.15, -0.1) is 0 Å². The van der Waals surface area contributed by atoms with Gasteiger partial charge in [-0.05, 0) is 18.2 Å². The lowest BCUT2D eigenvalue weighted by molar-refractivity contribution is 0.0365. The molecule has 0 saturated heterocycles. The molecule has 0 aromatic heterocycles. The van der Waals surface area contributed by atoms with Crippen LogP contribution < -0.4 is 9.47 Å². The molecule has 0 bridgehead atoms. The molecule has 124 valence electrons. The number of carbonyl (C=O) groups excluding carboxylic acids is 2. The molecule has 0 saturated carbocycles. The van der Waals surface area contributed by atoms with Crippen LogP contribution in [-0.4, -0.2) is 26.0 Å². The Kier molecular flexibility index (Phi) is 4.44. The van der Waals surface area contributed by atoms with E-state index in [0.717, 1.165) is 0 Å². The minimum atomic E-state index is -0.654. The maximum Gasteiger partial charge on any atom is 0.343 e. The zero-order valence-corrected chi connectivity index (χ0v) is 13.9. The molecule has 0 spiro atoms. The summed E-state index contributed by atoms with van der Waals surface area (Å²) in [6, 6.07) is 10.1. The van der Waals surface area contributed by atoms with E-state index >= 15 is 0 Å². The third-order valence-corrected chi connectivity index (χ3v) is 4.13. The highest BCUT2D eigenvalue weighted by Gasteiger charge is 2.36. The average molecular weight is 347 g/mol. The summed E-state index contributed by atoms with van der Waals surface area (Å²) in [6.45, 7) is 0. The Morgan fingerprint density at radius 1 is 1.21 bits per heavy atom. The van der Waals surface area contributed by atoms with E-state index in [-0.39, 0.29) is 12.2 Å². The number of ketones is 1. The largest absolute Gasteiger partial charge is 0.493 e. The molecule has 6 heteroatoms. The first-order chi connectivity index (χ1) is 11.5. The number of benzene rings is 2. The van der Waals surface area contributed by atoms with Crippen LogP contribution in [0.5, 0.6) is 11.5 Å². The van der Waals surface area contributed by atoms with E-state index in [4.69, 9.17) is 25.8 Å². The van der Waals surface area contributed by atoms with Crippen molar-refractivity contribution in [2.24, 2.45) is 0 Å². The summed E-state index contributed by atoms with van der Waals surface area (Å²) in [5.41, 5.74) is 1.40. The van der Waals surface area contributed by atoms with Gasteiger partial charge in [-0.25, -0.2) is 4.79 Å². The second-order valence-electron chi connectivity index (χ2n) is 5.30. The number of ether oxygens (including phenoxy) is 3.